The number of aromatic nitrogens is 1. The van der Waals surface area contributed by atoms with Gasteiger partial charge in [0, 0.05) is 25.0 Å². The SMILES string of the molecule is COC(=O)c1ccccc1NC(=O)c1cc(N2CCCCC2)ccn1. The predicted molar refractivity (Wildman–Crippen MR) is 96.0 cm³/mol. The zero-order valence-corrected chi connectivity index (χ0v) is 14.2. The highest BCUT2D eigenvalue weighted by Crippen LogP contribution is 2.21. The Morgan fingerprint density at radius 3 is 2.64 bits per heavy atom. The van der Waals surface area contributed by atoms with E-state index in [9.17, 15) is 9.59 Å². The van der Waals surface area contributed by atoms with Gasteiger partial charge in [-0.15, -0.1) is 0 Å². The van der Waals surface area contributed by atoms with Gasteiger partial charge < -0.3 is 15.0 Å². The number of anilines is 2. The molecule has 1 aliphatic heterocycles. The first-order chi connectivity index (χ1) is 12.2. The van der Waals surface area contributed by atoms with Crippen molar-refractivity contribution < 1.29 is 14.3 Å². The number of nitrogens with one attached hydrogen (secondary N) is 1. The maximum Gasteiger partial charge on any atom is 0.339 e. The summed E-state index contributed by atoms with van der Waals surface area (Å²) in [4.78, 5) is 30.8. The van der Waals surface area contributed by atoms with Crippen molar-refractivity contribution in [1.82, 2.24) is 4.98 Å². The molecule has 1 aliphatic rings. The minimum absolute atomic E-state index is 0.311. The Morgan fingerprint density at radius 1 is 1.12 bits per heavy atom. The summed E-state index contributed by atoms with van der Waals surface area (Å²) >= 11 is 0. The number of piperidine rings is 1. The minimum atomic E-state index is -0.495. The van der Waals surface area contributed by atoms with Crippen LogP contribution < -0.4 is 10.2 Å². The van der Waals surface area contributed by atoms with Crippen LogP contribution in [-0.4, -0.2) is 37.1 Å². The third-order valence-corrected chi connectivity index (χ3v) is 4.28. The number of benzene rings is 1. The van der Waals surface area contributed by atoms with E-state index >= 15 is 0 Å². The molecule has 0 saturated carbocycles. The van der Waals surface area contributed by atoms with Gasteiger partial charge in [-0.1, -0.05) is 12.1 Å². The average Bonchev–Trinajstić information content (AvgIpc) is 2.68. The second-order valence-electron chi connectivity index (χ2n) is 5.94. The Bertz CT molecular complexity index is 770. The fourth-order valence-corrected chi connectivity index (χ4v) is 2.96. The first-order valence-electron chi connectivity index (χ1n) is 8.39. The maximum absolute atomic E-state index is 12.6. The summed E-state index contributed by atoms with van der Waals surface area (Å²) in [6.07, 6.45) is 5.22. The number of ether oxygens (including phenoxy) is 1. The van der Waals surface area contributed by atoms with Crippen LogP contribution in [0.5, 0.6) is 0 Å². The van der Waals surface area contributed by atoms with Crippen molar-refractivity contribution in [3.05, 3.63) is 53.9 Å². The van der Waals surface area contributed by atoms with Gasteiger partial charge in [-0.3, -0.25) is 9.78 Å². The first kappa shape index (κ1) is 17.0. The lowest BCUT2D eigenvalue weighted by Gasteiger charge is -2.28. The van der Waals surface area contributed by atoms with E-state index in [0.717, 1.165) is 31.6 Å². The van der Waals surface area contributed by atoms with Gasteiger partial charge in [-0.2, -0.15) is 0 Å². The smallest absolute Gasteiger partial charge is 0.339 e. The maximum atomic E-state index is 12.6. The quantitative estimate of drug-likeness (QED) is 0.867. The molecule has 6 heteroatoms. The molecule has 1 amide bonds. The molecular weight excluding hydrogens is 318 g/mol. The van der Waals surface area contributed by atoms with E-state index < -0.39 is 5.97 Å². The summed E-state index contributed by atoms with van der Waals surface area (Å²) in [6, 6.07) is 10.5. The fraction of sp³-hybridized carbons (Fsp3) is 0.316. The summed E-state index contributed by atoms with van der Waals surface area (Å²) in [6.45, 7) is 1.99. The van der Waals surface area contributed by atoms with Crippen LogP contribution in [-0.2, 0) is 4.74 Å². The molecule has 0 spiro atoms. The van der Waals surface area contributed by atoms with E-state index in [4.69, 9.17) is 4.74 Å². The molecule has 1 fully saturated rings. The molecule has 2 heterocycles. The standard InChI is InChI=1S/C19H21N3O3/c1-25-19(24)15-7-3-4-8-16(15)21-18(23)17-13-14(9-10-20-17)22-11-5-2-6-12-22/h3-4,7-10,13H,2,5-6,11-12H2,1H3,(H,21,23). The third-order valence-electron chi connectivity index (χ3n) is 4.28. The largest absolute Gasteiger partial charge is 0.465 e. The van der Waals surface area contributed by atoms with Crippen LogP contribution >= 0.6 is 0 Å². The average molecular weight is 339 g/mol. The van der Waals surface area contributed by atoms with E-state index in [-0.39, 0.29) is 5.91 Å². The molecule has 3 rings (SSSR count). The zero-order valence-electron chi connectivity index (χ0n) is 14.2. The number of nitrogens with zero attached hydrogens (tertiary/aromatic N) is 2. The Kier molecular flexibility index (Phi) is 5.28. The number of hydrogen-bond acceptors (Lipinski definition) is 5. The minimum Gasteiger partial charge on any atom is -0.465 e. The van der Waals surface area contributed by atoms with Crippen LogP contribution in [0.2, 0.25) is 0 Å². The van der Waals surface area contributed by atoms with Crippen molar-refractivity contribution in [2.45, 2.75) is 19.3 Å². The first-order valence-corrected chi connectivity index (χ1v) is 8.39. The molecule has 0 aliphatic carbocycles. The number of methoxy groups -OCH3 is 1. The molecule has 6 nitrogen and oxygen atoms in total. The number of para-hydroxylation sites is 1. The number of carbonyl (C=O) groups excluding carboxylic acids is 2. The molecule has 2 aromatic rings. The number of esters is 1. The molecule has 1 N–H and O–H groups in total. The molecule has 25 heavy (non-hydrogen) atoms. The predicted octanol–water partition coefficient (Wildman–Crippen LogP) is 3.11. The number of amides is 1. The highest BCUT2D eigenvalue weighted by Gasteiger charge is 2.17. The summed E-state index contributed by atoms with van der Waals surface area (Å²) < 4.78 is 4.75. The lowest BCUT2D eigenvalue weighted by atomic mass is 10.1. The van der Waals surface area contributed by atoms with Gasteiger partial charge in [-0.05, 0) is 43.5 Å². The van der Waals surface area contributed by atoms with Crippen LogP contribution in [0.25, 0.3) is 0 Å². The number of pyridine rings is 1. The van der Waals surface area contributed by atoms with Crippen molar-refractivity contribution in [3.8, 4) is 0 Å². The molecule has 0 unspecified atom stereocenters. The third kappa shape index (κ3) is 3.96. The van der Waals surface area contributed by atoms with Crippen molar-refractivity contribution >= 4 is 23.3 Å². The van der Waals surface area contributed by atoms with Crippen molar-refractivity contribution in [2.24, 2.45) is 0 Å². The van der Waals surface area contributed by atoms with E-state index in [2.05, 4.69) is 15.2 Å². The summed E-state index contributed by atoms with van der Waals surface area (Å²) in [5, 5.41) is 2.75. The lowest BCUT2D eigenvalue weighted by molar-refractivity contribution is 0.0602. The van der Waals surface area contributed by atoms with Gasteiger partial charge in [0.15, 0.2) is 0 Å². The van der Waals surface area contributed by atoms with Gasteiger partial charge in [0.05, 0.1) is 18.4 Å². The van der Waals surface area contributed by atoms with E-state index in [1.165, 1.54) is 13.5 Å². The lowest BCUT2D eigenvalue weighted by Crippen LogP contribution is -2.29. The normalized spacial score (nSPS) is 14.0. The van der Waals surface area contributed by atoms with Crippen LogP contribution in [0.3, 0.4) is 0 Å². The Hall–Kier alpha value is -2.89. The highest BCUT2D eigenvalue weighted by molar-refractivity contribution is 6.07. The molecule has 0 atom stereocenters. The summed E-state index contributed by atoms with van der Waals surface area (Å²) in [5.41, 5.74) is 2.04. The molecule has 0 radical (unpaired) electrons. The van der Waals surface area contributed by atoms with Crippen molar-refractivity contribution in [3.63, 3.8) is 0 Å². The second kappa shape index (κ2) is 7.79. The van der Waals surface area contributed by atoms with Gasteiger partial charge in [-0.25, -0.2) is 4.79 Å². The van der Waals surface area contributed by atoms with Gasteiger partial charge >= 0.3 is 5.97 Å². The molecule has 1 saturated heterocycles. The molecule has 1 aromatic heterocycles. The van der Waals surface area contributed by atoms with E-state index in [1.807, 2.05) is 6.07 Å². The number of carbonyl (C=O) groups is 2. The number of rotatable bonds is 4. The molecular formula is C19H21N3O3. The van der Waals surface area contributed by atoms with Gasteiger partial charge in [0.1, 0.15) is 5.69 Å². The Labute approximate surface area is 146 Å². The molecule has 1 aromatic carbocycles. The summed E-state index contributed by atoms with van der Waals surface area (Å²) in [5.74, 6) is -0.846. The highest BCUT2D eigenvalue weighted by atomic mass is 16.5. The summed E-state index contributed by atoms with van der Waals surface area (Å²) in [7, 11) is 1.31. The van der Waals surface area contributed by atoms with Crippen LogP contribution in [0.1, 0.15) is 40.1 Å². The molecule has 0 bridgehead atoms. The number of hydrogen-bond donors (Lipinski definition) is 1. The van der Waals surface area contributed by atoms with Gasteiger partial charge in [0.25, 0.3) is 5.91 Å². The van der Waals surface area contributed by atoms with Crippen LogP contribution in [0.4, 0.5) is 11.4 Å². The van der Waals surface area contributed by atoms with Gasteiger partial charge in [0.2, 0.25) is 0 Å². The Balaban J connectivity index is 1.79. The van der Waals surface area contributed by atoms with Crippen molar-refractivity contribution in [2.75, 3.05) is 30.4 Å². The van der Waals surface area contributed by atoms with Crippen LogP contribution in [0.15, 0.2) is 42.6 Å². The Morgan fingerprint density at radius 2 is 1.88 bits per heavy atom. The van der Waals surface area contributed by atoms with E-state index in [1.54, 1.807) is 36.5 Å². The van der Waals surface area contributed by atoms with E-state index in [0.29, 0.717) is 16.9 Å². The van der Waals surface area contributed by atoms with Crippen molar-refractivity contribution in [1.29, 1.82) is 0 Å². The fourth-order valence-electron chi connectivity index (χ4n) is 2.96. The monoisotopic (exact) mass is 339 g/mol. The zero-order chi connectivity index (χ0) is 17.6. The van der Waals surface area contributed by atoms with Crippen LogP contribution in [0, 0.1) is 0 Å². The molecule has 130 valence electrons. The topological polar surface area (TPSA) is 71.5 Å². The second-order valence-corrected chi connectivity index (χ2v) is 5.94.